The number of amides is 1. The molecule has 0 radical (unpaired) electrons. The number of carbonyl (C=O) groups excluding carboxylic acids is 1. The summed E-state index contributed by atoms with van der Waals surface area (Å²) < 4.78 is 16.3. The second kappa shape index (κ2) is 10.9. The van der Waals surface area contributed by atoms with Gasteiger partial charge in [0.25, 0.3) is 5.91 Å². The van der Waals surface area contributed by atoms with Crippen LogP contribution in [0.5, 0.6) is 0 Å². The monoisotopic (exact) mass is 545 g/mol. The number of carbonyl (C=O) groups is 1. The van der Waals surface area contributed by atoms with Crippen molar-refractivity contribution in [2.45, 2.75) is 38.8 Å². The highest BCUT2D eigenvalue weighted by Crippen LogP contribution is 2.35. The van der Waals surface area contributed by atoms with E-state index in [0.717, 1.165) is 36.2 Å². The van der Waals surface area contributed by atoms with Crippen molar-refractivity contribution in [1.29, 1.82) is 0 Å². The van der Waals surface area contributed by atoms with Gasteiger partial charge in [0.2, 0.25) is 0 Å². The third-order valence-corrected chi connectivity index (χ3v) is 7.63. The number of hydrogen-bond acceptors (Lipinski definition) is 7. The summed E-state index contributed by atoms with van der Waals surface area (Å²) in [5.41, 5.74) is 4.47. The van der Waals surface area contributed by atoms with Crippen molar-refractivity contribution in [3.8, 4) is 11.3 Å². The first kappa shape index (κ1) is 27.5. The minimum atomic E-state index is -0.751. The van der Waals surface area contributed by atoms with Crippen molar-refractivity contribution in [2.24, 2.45) is 4.99 Å². The summed E-state index contributed by atoms with van der Waals surface area (Å²) in [4.78, 5) is 25.5. The van der Waals surface area contributed by atoms with Crippen molar-refractivity contribution in [3.63, 3.8) is 0 Å². The van der Waals surface area contributed by atoms with Gasteiger partial charge in [-0.05, 0) is 82.9 Å². The molecule has 1 aromatic carbocycles. The van der Waals surface area contributed by atoms with E-state index in [-0.39, 0.29) is 17.4 Å². The second-order valence-electron chi connectivity index (χ2n) is 11.0. The Morgan fingerprint density at radius 3 is 2.90 bits per heavy atom. The maximum atomic E-state index is 14.6. The molecule has 9 nitrogen and oxygen atoms in total. The van der Waals surface area contributed by atoms with E-state index in [1.165, 1.54) is 0 Å². The normalized spacial score (nSPS) is 19.8. The number of halogens is 1. The molecule has 2 aromatic heterocycles. The average Bonchev–Trinajstić information content (AvgIpc) is 3.52. The third-order valence-electron chi connectivity index (χ3n) is 7.63. The molecule has 3 aromatic rings. The molecule has 3 N–H and O–H groups in total. The van der Waals surface area contributed by atoms with Crippen LogP contribution in [-0.2, 0) is 6.54 Å². The van der Waals surface area contributed by atoms with Gasteiger partial charge in [-0.1, -0.05) is 6.07 Å². The Bertz CT molecular complexity index is 1540. The number of aliphatic imine (C=N–C) groups is 1. The molecule has 1 atom stereocenters. The van der Waals surface area contributed by atoms with E-state index in [9.17, 15) is 14.3 Å². The zero-order valence-corrected chi connectivity index (χ0v) is 23.5. The number of nitrogens with zero attached hydrogens (tertiary/aromatic N) is 5. The van der Waals surface area contributed by atoms with Crippen molar-refractivity contribution in [1.82, 2.24) is 24.5 Å². The van der Waals surface area contributed by atoms with Crippen LogP contribution in [0.1, 0.15) is 41.3 Å². The number of allylic oxidation sites excluding steroid dienone is 3. The number of aryl methyl sites for hydroxylation is 1. The highest BCUT2D eigenvalue weighted by Gasteiger charge is 2.33. The number of benzene rings is 1. The van der Waals surface area contributed by atoms with Gasteiger partial charge in [0.15, 0.2) is 11.5 Å². The maximum absolute atomic E-state index is 14.6. The molecule has 210 valence electrons. The predicted octanol–water partition coefficient (Wildman–Crippen LogP) is 3.94. The first-order valence-electron chi connectivity index (χ1n) is 13.4. The van der Waals surface area contributed by atoms with Crippen molar-refractivity contribution in [2.75, 3.05) is 39.0 Å². The van der Waals surface area contributed by atoms with Gasteiger partial charge in [-0.3, -0.25) is 9.20 Å². The summed E-state index contributed by atoms with van der Waals surface area (Å²) in [6.45, 7) is 9.83. The van der Waals surface area contributed by atoms with Crippen molar-refractivity contribution < 1.29 is 14.3 Å². The first-order chi connectivity index (χ1) is 19.1. The molecule has 5 rings (SSSR count). The van der Waals surface area contributed by atoms with Gasteiger partial charge >= 0.3 is 0 Å². The van der Waals surface area contributed by atoms with E-state index in [1.54, 1.807) is 29.8 Å². The van der Waals surface area contributed by atoms with Crippen molar-refractivity contribution in [3.05, 3.63) is 76.8 Å². The second-order valence-corrected chi connectivity index (χ2v) is 11.0. The summed E-state index contributed by atoms with van der Waals surface area (Å²) in [5, 5.41) is 17.2. The van der Waals surface area contributed by atoms with E-state index >= 15 is 0 Å². The molecular weight excluding hydrogens is 509 g/mol. The Kier molecular flexibility index (Phi) is 7.48. The Balaban J connectivity index is 1.42. The highest BCUT2D eigenvalue weighted by atomic mass is 19.1. The average molecular weight is 546 g/mol. The number of hydrogen-bond donors (Lipinski definition) is 3. The number of nitrogens with one attached hydrogen (secondary N) is 2. The molecule has 0 bridgehead atoms. The highest BCUT2D eigenvalue weighted by molar-refractivity contribution is 6.05. The van der Waals surface area contributed by atoms with Crippen molar-refractivity contribution >= 4 is 24.0 Å². The molecular formula is C30H36FN7O2. The molecule has 0 unspecified atom stereocenters. The van der Waals surface area contributed by atoms with E-state index in [4.69, 9.17) is 0 Å². The lowest BCUT2D eigenvalue weighted by atomic mass is 9.92. The van der Waals surface area contributed by atoms with Crippen LogP contribution in [0.4, 0.5) is 10.1 Å². The van der Waals surface area contributed by atoms with Gasteiger partial charge in [0, 0.05) is 43.6 Å². The maximum Gasteiger partial charge on any atom is 0.254 e. The van der Waals surface area contributed by atoms with E-state index in [0.29, 0.717) is 48.0 Å². The Morgan fingerprint density at radius 1 is 1.35 bits per heavy atom. The van der Waals surface area contributed by atoms with Crippen LogP contribution in [0, 0.1) is 12.7 Å². The lowest BCUT2D eigenvalue weighted by Crippen LogP contribution is -2.52. The summed E-state index contributed by atoms with van der Waals surface area (Å²) in [6.07, 6.45) is 8.88. The molecule has 4 heterocycles. The fourth-order valence-corrected chi connectivity index (χ4v) is 5.71. The van der Waals surface area contributed by atoms with Gasteiger partial charge in [-0.25, -0.2) is 14.4 Å². The smallest absolute Gasteiger partial charge is 0.254 e. The Morgan fingerprint density at radius 2 is 2.15 bits per heavy atom. The van der Waals surface area contributed by atoms with Crippen LogP contribution in [0.3, 0.4) is 0 Å². The van der Waals surface area contributed by atoms with Gasteiger partial charge < -0.3 is 25.5 Å². The molecule has 2 aliphatic heterocycles. The number of likely N-dealkylation sites (N-methyl/N-ethyl adjacent to an activating group) is 1. The lowest BCUT2D eigenvalue weighted by molar-refractivity contribution is -0.0369. The Labute approximate surface area is 233 Å². The molecule has 0 saturated carbocycles. The number of likely N-dealkylation sites (tertiary alicyclic amines) is 1. The minimum absolute atomic E-state index is 0.196. The fourth-order valence-electron chi connectivity index (χ4n) is 5.71. The topological polar surface area (TPSA) is 97.5 Å². The third kappa shape index (κ3) is 5.24. The van der Waals surface area contributed by atoms with E-state index in [1.807, 2.05) is 50.2 Å². The van der Waals surface area contributed by atoms with Gasteiger partial charge in [0.1, 0.15) is 5.82 Å². The standard InChI is InChI=1S/C30H36FN7O2/c1-19-11-14-38-24(16-33-28(38)27(19)31)21-8-9-23(26-22(21)15-34-29(26)39)35-25(32-3)10-7-20(2)37-13-6-12-30(40,18-37)17-36(4)5/h7-11,14,16,35,40H,3,6,12-13,15,17-18H2,1-2,4-5H3,(H,34,39)/b20-7+,25-10+/t30-/m1/s1. The van der Waals surface area contributed by atoms with E-state index < -0.39 is 5.60 Å². The molecule has 1 fully saturated rings. The number of aliphatic hydroxyl groups is 1. The number of anilines is 1. The van der Waals surface area contributed by atoms with Gasteiger partial charge in [0.05, 0.1) is 28.7 Å². The van der Waals surface area contributed by atoms with Crippen LogP contribution in [0.2, 0.25) is 0 Å². The number of imidazole rings is 1. The Hall–Kier alpha value is -4.02. The summed E-state index contributed by atoms with van der Waals surface area (Å²) in [6, 6.07) is 5.44. The fraction of sp³-hybridized carbons (Fsp3) is 0.367. The summed E-state index contributed by atoms with van der Waals surface area (Å²) in [7, 11) is 3.94. The molecule has 1 amide bonds. The first-order valence-corrected chi connectivity index (χ1v) is 13.4. The van der Waals surface area contributed by atoms with Gasteiger partial charge in [-0.2, -0.15) is 0 Å². The van der Waals surface area contributed by atoms with Crippen LogP contribution in [-0.4, -0.2) is 76.2 Å². The zero-order valence-electron chi connectivity index (χ0n) is 23.5. The quantitative estimate of drug-likeness (QED) is 0.293. The van der Waals surface area contributed by atoms with Crippen LogP contribution < -0.4 is 10.6 Å². The summed E-state index contributed by atoms with van der Waals surface area (Å²) in [5.74, 6) is -0.0688. The molecule has 0 aliphatic carbocycles. The number of piperidine rings is 1. The molecule has 10 heteroatoms. The lowest BCUT2D eigenvalue weighted by Gasteiger charge is -2.42. The minimum Gasteiger partial charge on any atom is -0.387 e. The van der Waals surface area contributed by atoms with Gasteiger partial charge in [-0.15, -0.1) is 0 Å². The van der Waals surface area contributed by atoms with Crippen LogP contribution in [0.25, 0.3) is 16.9 Å². The SMILES string of the molecule is C=N/C(=C\C=C(/C)N1CCC[C@@](O)(CN(C)C)C1)Nc1ccc(-c2cnc3c(F)c(C)ccn23)c2c1C(=O)NC2. The predicted molar refractivity (Wildman–Crippen MR) is 156 cm³/mol. The zero-order chi connectivity index (χ0) is 28.6. The number of β-amino-alcohol motifs (C(OH)–C–C–N with tert-alkyl or cyclic N) is 1. The number of pyridine rings is 1. The molecule has 2 aliphatic rings. The molecule has 1 saturated heterocycles. The van der Waals surface area contributed by atoms with Crippen LogP contribution >= 0.6 is 0 Å². The van der Waals surface area contributed by atoms with Crippen LogP contribution in [0.15, 0.2) is 59.3 Å². The number of fused-ring (bicyclic) bond motifs is 2. The molecule has 0 spiro atoms. The van der Waals surface area contributed by atoms with E-state index in [2.05, 4.69) is 32.2 Å². The molecule has 40 heavy (non-hydrogen) atoms. The number of aromatic nitrogens is 2. The largest absolute Gasteiger partial charge is 0.387 e. The number of rotatable bonds is 8. The summed E-state index contributed by atoms with van der Waals surface area (Å²) >= 11 is 0.